The predicted molar refractivity (Wildman–Crippen MR) is 130 cm³/mol. The average molecular weight is 574 g/mol. The molecule has 0 radical (unpaired) electrons. The third kappa shape index (κ3) is 7.17. The molecule has 0 aliphatic rings. The molecule has 3 aromatic rings. The summed E-state index contributed by atoms with van der Waals surface area (Å²) in [4.78, 5) is 29.1. The Balaban J connectivity index is 2.22. The second kappa shape index (κ2) is 12.2. The summed E-state index contributed by atoms with van der Waals surface area (Å²) in [5.74, 6) is -3.02. The molecule has 1 aromatic heterocycles. The number of ether oxygens (including phenoxy) is 1. The molecule has 0 atom stereocenters. The lowest BCUT2D eigenvalue weighted by molar-refractivity contribution is -0.141. The van der Waals surface area contributed by atoms with Gasteiger partial charge in [-0.05, 0) is 77.5 Å². The Labute approximate surface area is 223 Å². The highest BCUT2D eigenvalue weighted by Gasteiger charge is 2.43. The van der Waals surface area contributed by atoms with Crippen molar-refractivity contribution in [3.05, 3.63) is 93.3 Å². The molecule has 0 amide bonds. The van der Waals surface area contributed by atoms with Crippen molar-refractivity contribution in [2.75, 3.05) is 7.11 Å². The van der Waals surface area contributed by atoms with Gasteiger partial charge in [-0.1, -0.05) is 26.0 Å². The van der Waals surface area contributed by atoms with Crippen LogP contribution in [0.15, 0.2) is 47.4 Å². The van der Waals surface area contributed by atoms with E-state index >= 15 is 0 Å². The highest BCUT2D eigenvalue weighted by Crippen LogP contribution is 2.41. The van der Waals surface area contributed by atoms with Crippen molar-refractivity contribution in [2.24, 2.45) is 5.92 Å². The van der Waals surface area contributed by atoms with Crippen molar-refractivity contribution < 1.29 is 45.1 Å². The first-order chi connectivity index (χ1) is 18.2. The molecule has 0 unspecified atom stereocenters. The molecule has 0 bridgehead atoms. The van der Waals surface area contributed by atoms with Crippen LogP contribution in [0.5, 0.6) is 0 Å². The molecule has 4 nitrogen and oxygen atoms in total. The second-order valence-corrected chi connectivity index (χ2v) is 9.92. The third-order valence-corrected chi connectivity index (χ3v) is 6.55. The monoisotopic (exact) mass is 573 g/mol. The van der Waals surface area contributed by atoms with Gasteiger partial charge < -0.3 is 4.74 Å². The Bertz CT molecular complexity index is 1370. The van der Waals surface area contributed by atoms with Crippen molar-refractivity contribution in [3.8, 4) is 0 Å². The third-order valence-electron chi connectivity index (χ3n) is 5.54. The van der Waals surface area contributed by atoms with E-state index in [0.717, 1.165) is 19.2 Å². The molecule has 0 spiro atoms. The zero-order valence-electron chi connectivity index (χ0n) is 20.8. The normalized spacial score (nSPS) is 11.8. The molecule has 0 fully saturated rings. The maximum atomic E-state index is 14.1. The van der Waals surface area contributed by atoms with Crippen LogP contribution in [0.4, 0.5) is 30.7 Å². The molecular formula is C27H22F7NO3S. The van der Waals surface area contributed by atoms with Gasteiger partial charge in [-0.15, -0.1) is 0 Å². The van der Waals surface area contributed by atoms with Crippen molar-refractivity contribution >= 4 is 22.8 Å². The van der Waals surface area contributed by atoms with Crippen molar-refractivity contribution in [1.29, 1.82) is 0 Å². The van der Waals surface area contributed by atoms with Crippen LogP contribution in [0.25, 0.3) is 0 Å². The molecule has 0 N–H and O–H groups in total. The molecule has 208 valence electrons. The summed E-state index contributed by atoms with van der Waals surface area (Å²) in [5.41, 5.74) is -5.07. The SMILES string of the molecule is COC(=O)c1c(C(F)F)nc(C(F)(F)F)c(C(=O)Sc2ccc(F)cc2Cc2ccc(F)cc2)c1CC(C)C. The van der Waals surface area contributed by atoms with E-state index in [0.29, 0.717) is 17.3 Å². The lowest BCUT2D eigenvalue weighted by Crippen LogP contribution is -2.24. The zero-order valence-corrected chi connectivity index (χ0v) is 21.7. The Morgan fingerprint density at radius 1 is 0.974 bits per heavy atom. The quantitative estimate of drug-likeness (QED) is 0.156. The summed E-state index contributed by atoms with van der Waals surface area (Å²) < 4.78 is 102. The van der Waals surface area contributed by atoms with E-state index < -0.39 is 69.3 Å². The molecular weight excluding hydrogens is 551 g/mol. The molecule has 0 saturated heterocycles. The largest absolute Gasteiger partial charge is 0.465 e. The minimum absolute atomic E-state index is 0.00855. The van der Waals surface area contributed by atoms with E-state index in [1.165, 1.54) is 30.3 Å². The maximum absolute atomic E-state index is 14.1. The van der Waals surface area contributed by atoms with Crippen molar-refractivity contribution in [1.82, 2.24) is 4.98 Å². The van der Waals surface area contributed by atoms with E-state index in [2.05, 4.69) is 9.72 Å². The van der Waals surface area contributed by atoms with Gasteiger partial charge >= 0.3 is 12.1 Å². The van der Waals surface area contributed by atoms with Crippen LogP contribution in [0.1, 0.15) is 69.1 Å². The van der Waals surface area contributed by atoms with Crippen LogP contribution >= 0.6 is 11.8 Å². The van der Waals surface area contributed by atoms with Crippen LogP contribution in [0, 0.1) is 17.6 Å². The first-order valence-corrected chi connectivity index (χ1v) is 12.3. The molecule has 39 heavy (non-hydrogen) atoms. The fourth-order valence-electron chi connectivity index (χ4n) is 3.94. The Hall–Kier alpha value is -3.41. The summed E-state index contributed by atoms with van der Waals surface area (Å²) in [6.45, 7) is 3.14. The van der Waals surface area contributed by atoms with Gasteiger partial charge in [0, 0.05) is 4.90 Å². The smallest absolute Gasteiger partial charge is 0.434 e. The van der Waals surface area contributed by atoms with Gasteiger partial charge in [-0.2, -0.15) is 13.2 Å². The first kappa shape index (κ1) is 30.1. The number of hydrogen-bond acceptors (Lipinski definition) is 5. The number of hydrogen-bond donors (Lipinski definition) is 0. The molecule has 0 aliphatic carbocycles. The highest BCUT2D eigenvalue weighted by molar-refractivity contribution is 8.14. The number of nitrogens with zero attached hydrogens (tertiary/aromatic N) is 1. The van der Waals surface area contributed by atoms with Crippen LogP contribution in [0.2, 0.25) is 0 Å². The van der Waals surface area contributed by atoms with Crippen LogP contribution in [-0.4, -0.2) is 23.2 Å². The Kier molecular flexibility index (Phi) is 9.42. The molecule has 12 heteroatoms. The first-order valence-electron chi connectivity index (χ1n) is 11.5. The average Bonchev–Trinajstić information content (AvgIpc) is 2.84. The number of carbonyl (C=O) groups excluding carboxylic acids is 2. The number of esters is 1. The summed E-state index contributed by atoms with van der Waals surface area (Å²) in [7, 11) is 0.866. The number of pyridine rings is 1. The van der Waals surface area contributed by atoms with Gasteiger partial charge in [0.1, 0.15) is 17.3 Å². The molecule has 0 saturated carbocycles. The van der Waals surface area contributed by atoms with E-state index in [4.69, 9.17) is 0 Å². The van der Waals surface area contributed by atoms with Crippen molar-refractivity contribution in [2.45, 2.75) is 44.2 Å². The van der Waals surface area contributed by atoms with Gasteiger partial charge in [-0.3, -0.25) is 4.79 Å². The molecule has 1 heterocycles. The number of methoxy groups -OCH3 is 1. The number of rotatable bonds is 8. The van der Waals surface area contributed by atoms with Crippen LogP contribution in [-0.2, 0) is 23.8 Å². The zero-order chi connectivity index (χ0) is 29.1. The number of carbonyl (C=O) groups is 2. The van der Waals surface area contributed by atoms with Crippen molar-refractivity contribution in [3.63, 3.8) is 0 Å². The maximum Gasteiger partial charge on any atom is 0.434 e. The Morgan fingerprint density at radius 3 is 2.13 bits per heavy atom. The topological polar surface area (TPSA) is 56.3 Å². The van der Waals surface area contributed by atoms with E-state index in [1.807, 2.05) is 0 Å². The minimum atomic E-state index is -5.32. The number of thioether (sulfide) groups is 1. The molecule has 2 aromatic carbocycles. The van der Waals surface area contributed by atoms with Crippen LogP contribution < -0.4 is 0 Å². The van der Waals surface area contributed by atoms with Crippen LogP contribution in [0.3, 0.4) is 0 Å². The summed E-state index contributed by atoms with van der Waals surface area (Å²) in [6.07, 6.45) is -9.23. The standard InChI is InChI=1S/C27H22F7NO3S/c1-13(2)10-18-20(25(36)38-3)22(24(30)31)35-23(27(32,33)34)21(18)26(37)39-19-9-8-17(29)12-15(19)11-14-4-6-16(28)7-5-14/h4-9,12-13,24H,10-11H2,1-3H3. The van der Waals surface area contributed by atoms with E-state index in [9.17, 15) is 40.3 Å². The summed E-state index contributed by atoms with van der Waals surface area (Å²) in [5, 5.41) is -1.23. The minimum Gasteiger partial charge on any atom is -0.465 e. The van der Waals surface area contributed by atoms with E-state index in [1.54, 1.807) is 13.8 Å². The van der Waals surface area contributed by atoms with Gasteiger partial charge in [0.25, 0.3) is 6.43 Å². The number of halogens is 7. The number of aromatic nitrogens is 1. The second-order valence-electron chi connectivity index (χ2n) is 8.91. The summed E-state index contributed by atoms with van der Waals surface area (Å²) >= 11 is 0.309. The Morgan fingerprint density at radius 2 is 1.59 bits per heavy atom. The lowest BCUT2D eigenvalue weighted by Gasteiger charge is -2.22. The van der Waals surface area contributed by atoms with Gasteiger partial charge in [-0.25, -0.2) is 27.3 Å². The summed E-state index contributed by atoms with van der Waals surface area (Å²) in [6, 6.07) is 8.46. The molecule has 0 aliphatic heterocycles. The molecule has 3 rings (SSSR count). The fraction of sp³-hybridized carbons (Fsp3) is 0.296. The number of benzene rings is 2. The van der Waals surface area contributed by atoms with Gasteiger partial charge in [0.05, 0.1) is 18.2 Å². The van der Waals surface area contributed by atoms with E-state index in [-0.39, 0.29) is 23.3 Å². The predicted octanol–water partition coefficient (Wildman–Crippen LogP) is 7.82. The highest BCUT2D eigenvalue weighted by atomic mass is 32.2. The van der Waals surface area contributed by atoms with Gasteiger partial charge in [0.2, 0.25) is 5.12 Å². The number of alkyl halides is 5. The fourth-order valence-corrected chi connectivity index (χ4v) is 4.86. The van der Waals surface area contributed by atoms with Gasteiger partial charge in [0.15, 0.2) is 5.69 Å². The lowest BCUT2D eigenvalue weighted by atomic mass is 9.91.